The maximum atomic E-state index is 12.5. The zero-order valence-corrected chi connectivity index (χ0v) is 12.7. The fourth-order valence-electron chi connectivity index (χ4n) is 4.21. The van der Waals surface area contributed by atoms with E-state index in [0.29, 0.717) is 12.0 Å². The number of carbonyl (C=O) groups excluding carboxylic acids is 1. The molecule has 3 heteroatoms. The summed E-state index contributed by atoms with van der Waals surface area (Å²) in [7, 11) is 1.91. The summed E-state index contributed by atoms with van der Waals surface area (Å²) in [5, 5.41) is 6.55. The van der Waals surface area contributed by atoms with Crippen molar-refractivity contribution in [3.63, 3.8) is 0 Å². The van der Waals surface area contributed by atoms with Crippen molar-refractivity contribution >= 4 is 5.91 Å². The second kappa shape index (κ2) is 6.74. The second-order valence-electron chi connectivity index (χ2n) is 6.68. The van der Waals surface area contributed by atoms with E-state index in [2.05, 4.69) is 24.5 Å². The second-order valence-corrected chi connectivity index (χ2v) is 6.68. The Balaban J connectivity index is 1.88. The molecule has 0 saturated heterocycles. The van der Waals surface area contributed by atoms with Gasteiger partial charge < -0.3 is 10.6 Å². The van der Waals surface area contributed by atoms with Gasteiger partial charge in [0.05, 0.1) is 6.04 Å². The first-order valence-corrected chi connectivity index (χ1v) is 8.13. The van der Waals surface area contributed by atoms with Crippen molar-refractivity contribution in [1.29, 1.82) is 0 Å². The van der Waals surface area contributed by atoms with Crippen molar-refractivity contribution in [2.75, 3.05) is 7.05 Å². The standard InChI is InChI=1S/C16H30N2O/c1-4-6-11(2)15(17-3)16(19)18-14-10-12-7-5-8-13(14)9-12/h11-15,17H,4-10H2,1-3H3,(H,18,19). The maximum Gasteiger partial charge on any atom is 0.237 e. The predicted molar refractivity (Wildman–Crippen MR) is 78.9 cm³/mol. The van der Waals surface area contributed by atoms with Crippen LogP contribution in [0.3, 0.4) is 0 Å². The molecule has 5 unspecified atom stereocenters. The smallest absolute Gasteiger partial charge is 0.237 e. The Morgan fingerprint density at radius 3 is 2.74 bits per heavy atom. The summed E-state index contributed by atoms with van der Waals surface area (Å²) in [5.41, 5.74) is 0. The molecule has 2 N–H and O–H groups in total. The van der Waals surface area contributed by atoms with Crippen LogP contribution in [-0.2, 0) is 4.79 Å². The van der Waals surface area contributed by atoms with Crippen molar-refractivity contribution in [2.45, 2.75) is 70.9 Å². The molecule has 0 aromatic carbocycles. The van der Waals surface area contributed by atoms with Crippen molar-refractivity contribution in [1.82, 2.24) is 10.6 Å². The molecule has 0 aromatic heterocycles. The molecule has 2 aliphatic rings. The molecule has 2 bridgehead atoms. The third-order valence-electron chi connectivity index (χ3n) is 5.21. The molecule has 0 radical (unpaired) electrons. The first-order valence-electron chi connectivity index (χ1n) is 8.13. The maximum absolute atomic E-state index is 12.5. The highest BCUT2D eigenvalue weighted by Crippen LogP contribution is 2.42. The van der Waals surface area contributed by atoms with Gasteiger partial charge in [-0.15, -0.1) is 0 Å². The fraction of sp³-hybridized carbons (Fsp3) is 0.938. The molecule has 0 spiro atoms. The molecule has 3 nitrogen and oxygen atoms in total. The summed E-state index contributed by atoms with van der Waals surface area (Å²) in [6.45, 7) is 4.36. The van der Waals surface area contributed by atoms with Gasteiger partial charge in [0.1, 0.15) is 0 Å². The molecule has 19 heavy (non-hydrogen) atoms. The van der Waals surface area contributed by atoms with E-state index in [4.69, 9.17) is 0 Å². The fourth-order valence-corrected chi connectivity index (χ4v) is 4.21. The zero-order valence-electron chi connectivity index (χ0n) is 12.7. The summed E-state index contributed by atoms with van der Waals surface area (Å²) >= 11 is 0. The van der Waals surface area contributed by atoms with Gasteiger partial charge in [0.25, 0.3) is 0 Å². The molecule has 0 heterocycles. The summed E-state index contributed by atoms with van der Waals surface area (Å²) in [6, 6.07) is 0.421. The number of fused-ring (bicyclic) bond motifs is 2. The molecule has 5 atom stereocenters. The molecule has 2 saturated carbocycles. The van der Waals surface area contributed by atoms with Gasteiger partial charge in [0, 0.05) is 6.04 Å². The van der Waals surface area contributed by atoms with E-state index in [1.165, 1.54) is 32.1 Å². The Morgan fingerprint density at radius 1 is 1.32 bits per heavy atom. The lowest BCUT2D eigenvalue weighted by molar-refractivity contribution is -0.125. The monoisotopic (exact) mass is 266 g/mol. The lowest BCUT2D eigenvalue weighted by Crippen LogP contribution is -2.50. The molecule has 2 fully saturated rings. The summed E-state index contributed by atoms with van der Waals surface area (Å²) < 4.78 is 0. The minimum Gasteiger partial charge on any atom is -0.352 e. The topological polar surface area (TPSA) is 41.1 Å². The van der Waals surface area contributed by atoms with Crippen molar-refractivity contribution in [2.24, 2.45) is 17.8 Å². The van der Waals surface area contributed by atoms with Crippen LogP contribution in [0.1, 0.15) is 58.8 Å². The average molecular weight is 266 g/mol. The minimum absolute atomic E-state index is 0.0274. The summed E-state index contributed by atoms with van der Waals surface area (Å²) in [4.78, 5) is 12.5. The highest BCUT2D eigenvalue weighted by atomic mass is 16.2. The number of rotatable bonds is 6. The van der Waals surface area contributed by atoms with Gasteiger partial charge in [-0.3, -0.25) is 4.79 Å². The van der Waals surface area contributed by atoms with Crippen LogP contribution in [0.5, 0.6) is 0 Å². The Labute approximate surface area is 117 Å². The van der Waals surface area contributed by atoms with E-state index >= 15 is 0 Å². The van der Waals surface area contributed by atoms with E-state index in [0.717, 1.165) is 24.7 Å². The van der Waals surface area contributed by atoms with Gasteiger partial charge in [-0.05, 0) is 50.5 Å². The van der Waals surface area contributed by atoms with E-state index in [1.54, 1.807) is 0 Å². The molecule has 110 valence electrons. The largest absolute Gasteiger partial charge is 0.352 e. The molecule has 1 amide bonds. The molecular weight excluding hydrogens is 236 g/mol. The minimum atomic E-state index is -0.0274. The summed E-state index contributed by atoms with van der Waals surface area (Å²) in [6.07, 6.45) is 8.87. The van der Waals surface area contributed by atoms with E-state index in [9.17, 15) is 4.79 Å². The highest BCUT2D eigenvalue weighted by Gasteiger charge is 2.38. The Morgan fingerprint density at radius 2 is 2.11 bits per heavy atom. The summed E-state index contributed by atoms with van der Waals surface area (Å²) in [5.74, 6) is 2.27. The highest BCUT2D eigenvalue weighted by molar-refractivity contribution is 5.82. The van der Waals surface area contributed by atoms with Crippen LogP contribution in [0, 0.1) is 17.8 Å². The van der Waals surface area contributed by atoms with Gasteiger partial charge in [-0.2, -0.15) is 0 Å². The molecular formula is C16H30N2O. The normalized spacial score (nSPS) is 32.9. The third kappa shape index (κ3) is 3.50. The number of carbonyl (C=O) groups is 1. The van der Waals surface area contributed by atoms with Gasteiger partial charge in [0.15, 0.2) is 0 Å². The van der Waals surface area contributed by atoms with Crippen LogP contribution >= 0.6 is 0 Å². The average Bonchev–Trinajstić information content (AvgIpc) is 2.65. The number of likely N-dealkylation sites (N-methyl/N-ethyl adjacent to an activating group) is 1. The van der Waals surface area contributed by atoms with Crippen LogP contribution in [0.15, 0.2) is 0 Å². The van der Waals surface area contributed by atoms with Gasteiger partial charge in [-0.1, -0.05) is 33.1 Å². The SMILES string of the molecule is CCCC(C)C(NC)C(=O)NC1CC2CCCC1C2. The molecule has 2 aliphatic carbocycles. The number of nitrogens with one attached hydrogen (secondary N) is 2. The van der Waals surface area contributed by atoms with Crippen molar-refractivity contribution in [3.8, 4) is 0 Å². The van der Waals surface area contributed by atoms with Gasteiger partial charge in [0.2, 0.25) is 5.91 Å². The van der Waals surface area contributed by atoms with Gasteiger partial charge in [-0.25, -0.2) is 0 Å². The first kappa shape index (κ1) is 14.8. The first-order chi connectivity index (χ1) is 9.15. The van der Waals surface area contributed by atoms with E-state index < -0.39 is 0 Å². The number of hydrogen-bond acceptors (Lipinski definition) is 2. The third-order valence-corrected chi connectivity index (χ3v) is 5.21. The van der Waals surface area contributed by atoms with Crippen LogP contribution < -0.4 is 10.6 Å². The predicted octanol–water partition coefficient (Wildman–Crippen LogP) is 2.71. The number of hydrogen-bond donors (Lipinski definition) is 2. The molecule has 0 aromatic rings. The lowest BCUT2D eigenvalue weighted by atomic mass is 9.88. The van der Waals surface area contributed by atoms with Crippen LogP contribution in [0.25, 0.3) is 0 Å². The lowest BCUT2D eigenvalue weighted by Gasteiger charge is -2.27. The molecule has 0 aliphatic heterocycles. The Bertz CT molecular complexity index is 305. The van der Waals surface area contributed by atoms with Crippen LogP contribution in [0.4, 0.5) is 0 Å². The van der Waals surface area contributed by atoms with Crippen molar-refractivity contribution < 1.29 is 4.79 Å². The quantitative estimate of drug-likeness (QED) is 0.776. The zero-order chi connectivity index (χ0) is 13.8. The van der Waals surface area contributed by atoms with E-state index in [1.807, 2.05) is 7.05 Å². The molecule has 2 rings (SSSR count). The van der Waals surface area contributed by atoms with Gasteiger partial charge >= 0.3 is 0 Å². The Kier molecular flexibility index (Phi) is 5.26. The Hall–Kier alpha value is -0.570. The van der Waals surface area contributed by atoms with E-state index in [-0.39, 0.29) is 11.9 Å². The number of amides is 1. The van der Waals surface area contributed by atoms with Crippen molar-refractivity contribution in [3.05, 3.63) is 0 Å². The van der Waals surface area contributed by atoms with Crippen LogP contribution in [-0.4, -0.2) is 25.0 Å². The van der Waals surface area contributed by atoms with Crippen LogP contribution in [0.2, 0.25) is 0 Å².